The predicted molar refractivity (Wildman–Crippen MR) is 106 cm³/mol. The van der Waals surface area contributed by atoms with Crippen LogP contribution in [0.3, 0.4) is 0 Å². The van der Waals surface area contributed by atoms with Gasteiger partial charge in [0.15, 0.2) is 0 Å². The van der Waals surface area contributed by atoms with E-state index in [1.165, 1.54) is 13.2 Å². The van der Waals surface area contributed by atoms with Gasteiger partial charge in [-0.1, -0.05) is 33.8 Å². The van der Waals surface area contributed by atoms with E-state index >= 15 is 0 Å². The number of hydrogen-bond donors (Lipinski definition) is 1. The number of rotatable bonds is 8. The first-order valence-electron chi connectivity index (χ1n) is 9.71. The zero-order valence-corrected chi connectivity index (χ0v) is 17.1. The Morgan fingerprint density at radius 2 is 1.64 bits per heavy atom. The number of aromatic nitrogens is 2. The molecule has 1 aromatic carbocycles. The number of alkyl halides is 3. The highest BCUT2D eigenvalue weighted by molar-refractivity contribution is 5.72. The van der Waals surface area contributed by atoms with Gasteiger partial charge in [-0.15, -0.1) is 0 Å². The maximum absolute atomic E-state index is 13.4. The van der Waals surface area contributed by atoms with Crippen LogP contribution in [0.15, 0.2) is 18.2 Å². The zero-order valence-electron chi connectivity index (χ0n) is 17.1. The van der Waals surface area contributed by atoms with Crippen molar-refractivity contribution in [3.63, 3.8) is 0 Å². The third kappa shape index (κ3) is 4.56. The third-order valence-corrected chi connectivity index (χ3v) is 4.82. The largest absolute Gasteiger partial charge is 0.495 e. The molecule has 0 atom stereocenters. The second-order valence-corrected chi connectivity index (χ2v) is 6.56. The van der Waals surface area contributed by atoms with Gasteiger partial charge in [0, 0.05) is 11.6 Å². The fourth-order valence-electron chi connectivity index (χ4n) is 3.18. The molecule has 0 aliphatic heterocycles. The number of ether oxygens (including phenoxy) is 1. The summed E-state index contributed by atoms with van der Waals surface area (Å²) in [5.41, 5.74) is 1.32. The van der Waals surface area contributed by atoms with Gasteiger partial charge >= 0.3 is 6.18 Å². The molecule has 2 aromatic rings. The van der Waals surface area contributed by atoms with E-state index in [1.54, 1.807) is 6.07 Å². The van der Waals surface area contributed by atoms with E-state index in [2.05, 4.69) is 19.2 Å². The van der Waals surface area contributed by atoms with Gasteiger partial charge in [-0.25, -0.2) is 9.97 Å². The molecule has 0 radical (unpaired) electrons. The lowest BCUT2D eigenvalue weighted by atomic mass is 10.0. The molecule has 0 aliphatic rings. The maximum Gasteiger partial charge on any atom is 0.419 e. The highest BCUT2D eigenvalue weighted by Crippen LogP contribution is 2.42. The molecule has 4 nitrogen and oxygen atoms in total. The molecule has 2 rings (SSSR count). The average molecular weight is 395 g/mol. The van der Waals surface area contributed by atoms with E-state index in [0.717, 1.165) is 24.6 Å². The van der Waals surface area contributed by atoms with Gasteiger partial charge in [-0.2, -0.15) is 13.2 Å². The molecule has 28 heavy (non-hydrogen) atoms. The van der Waals surface area contributed by atoms with Crippen LogP contribution < -0.4 is 10.1 Å². The van der Waals surface area contributed by atoms with Crippen molar-refractivity contribution >= 4 is 5.82 Å². The van der Waals surface area contributed by atoms with Gasteiger partial charge in [-0.3, -0.25) is 0 Å². The minimum atomic E-state index is -4.51. The van der Waals surface area contributed by atoms with Crippen molar-refractivity contribution in [1.82, 2.24) is 9.97 Å². The van der Waals surface area contributed by atoms with Gasteiger partial charge in [0.05, 0.1) is 29.8 Å². The van der Waals surface area contributed by atoms with Crippen LogP contribution in [0.5, 0.6) is 5.75 Å². The van der Waals surface area contributed by atoms with Crippen molar-refractivity contribution in [2.24, 2.45) is 0 Å². The molecule has 0 spiro atoms. The summed E-state index contributed by atoms with van der Waals surface area (Å²) in [5, 5.41) is 3.43. The SMILES string of the molecule is CCc1nc(-c2cccc(C(F)(F)F)c2OC)c(CC)nc1NC(CC)CC. The molecule has 7 heteroatoms. The number of para-hydroxylation sites is 1. The number of anilines is 1. The normalized spacial score (nSPS) is 11.8. The molecule has 1 N–H and O–H groups in total. The lowest BCUT2D eigenvalue weighted by Crippen LogP contribution is -2.20. The highest BCUT2D eigenvalue weighted by atomic mass is 19.4. The molecule has 0 aliphatic carbocycles. The fourth-order valence-corrected chi connectivity index (χ4v) is 3.18. The summed E-state index contributed by atoms with van der Waals surface area (Å²) in [5.74, 6) is 0.490. The van der Waals surface area contributed by atoms with Gasteiger partial charge in [0.25, 0.3) is 0 Å². The van der Waals surface area contributed by atoms with Gasteiger partial charge in [-0.05, 0) is 37.8 Å². The first kappa shape index (κ1) is 22.0. The molecule has 0 saturated carbocycles. The number of hydrogen-bond acceptors (Lipinski definition) is 4. The Bertz CT molecular complexity index is 802. The van der Waals surface area contributed by atoms with Gasteiger partial charge in [0.2, 0.25) is 0 Å². The first-order chi connectivity index (χ1) is 13.3. The maximum atomic E-state index is 13.4. The van der Waals surface area contributed by atoms with Crippen LogP contribution in [0, 0.1) is 0 Å². The summed E-state index contributed by atoms with van der Waals surface area (Å²) < 4.78 is 45.4. The molecule has 0 unspecified atom stereocenters. The number of halogens is 3. The first-order valence-corrected chi connectivity index (χ1v) is 9.71. The quantitative estimate of drug-likeness (QED) is 0.605. The number of nitrogens with zero attached hydrogens (tertiary/aromatic N) is 2. The summed E-state index contributed by atoms with van der Waals surface area (Å²) >= 11 is 0. The van der Waals surface area contributed by atoms with Crippen molar-refractivity contribution in [2.75, 3.05) is 12.4 Å². The topological polar surface area (TPSA) is 47.0 Å². The number of benzene rings is 1. The highest BCUT2D eigenvalue weighted by Gasteiger charge is 2.36. The zero-order chi connectivity index (χ0) is 20.9. The summed E-state index contributed by atoms with van der Waals surface area (Å²) in [6.45, 7) is 8.08. The smallest absolute Gasteiger partial charge is 0.419 e. The molecule has 1 heterocycles. The molecule has 0 amide bonds. The third-order valence-electron chi connectivity index (χ3n) is 4.82. The van der Waals surface area contributed by atoms with E-state index in [1.807, 2.05) is 13.8 Å². The van der Waals surface area contributed by atoms with Gasteiger partial charge < -0.3 is 10.1 Å². The van der Waals surface area contributed by atoms with Crippen molar-refractivity contribution in [2.45, 2.75) is 65.6 Å². The lowest BCUT2D eigenvalue weighted by molar-refractivity contribution is -0.138. The minimum absolute atomic E-state index is 0.221. The van der Waals surface area contributed by atoms with Crippen molar-refractivity contribution in [3.8, 4) is 17.0 Å². The van der Waals surface area contributed by atoms with E-state index in [0.29, 0.717) is 35.6 Å². The van der Waals surface area contributed by atoms with E-state index in [4.69, 9.17) is 14.7 Å². The van der Waals surface area contributed by atoms with Crippen molar-refractivity contribution < 1.29 is 17.9 Å². The number of nitrogens with one attached hydrogen (secondary N) is 1. The second kappa shape index (κ2) is 9.26. The van der Waals surface area contributed by atoms with Crippen LogP contribution >= 0.6 is 0 Å². The van der Waals surface area contributed by atoms with Crippen LogP contribution in [-0.2, 0) is 19.0 Å². The molecular formula is C21H28F3N3O. The van der Waals surface area contributed by atoms with Gasteiger partial charge in [0.1, 0.15) is 11.6 Å². The Balaban J connectivity index is 2.67. The standard InChI is InChI=1S/C21H28F3N3O/c1-6-13(7-2)25-20-17(9-4)26-18(16(8-3)27-20)14-11-10-12-15(19(14)28-5)21(22,23)24/h10-13H,6-9H2,1-5H3,(H,25,27). The van der Waals surface area contributed by atoms with Crippen molar-refractivity contribution in [1.29, 1.82) is 0 Å². The Morgan fingerprint density at radius 3 is 2.14 bits per heavy atom. The predicted octanol–water partition coefficient (Wildman–Crippen LogP) is 5.90. The molecular weight excluding hydrogens is 367 g/mol. The minimum Gasteiger partial charge on any atom is -0.495 e. The summed E-state index contributed by atoms with van der Waals surface area (Å²) in [7, 11) is 1.25. The molecule has 1 aromatic heterocycles. The molecule has 0 bridgehead atoms. The summed E-state index contributed by atoms with van der Waals surface area (Å²) in [6.07, 6.45) is -1.44. The summed E-state index contributed by atoms with van der Waals surface area (Å²) in [6, 6.07) is 4.28. The average Bonchev–Trinajstić information content (AvgIpc) is 2.69. The van der Waals surface area contributed by atoms with Crippen LogP contribution in [-0.4, -0.2) is 23.1 Å². The lowest BCUT2D eigenvalue weighted by Gasteiger charge is -2.21. The monoisotopic (exact) mass is 395 g/mol. The molecule has 154 valence electrons. The second-order valence-electron chi connectivity index (χ2n) is 6.56. The Labute approximate surface area is 164 Å². The molecule has 0 saturated heterocycles. The van der Waals surface area contributed by atoms with Crippen LogP contribution in [0.2, 0.25) is 0 Å². The Kier molecular flexibility index (Phi) is 7.27. The summed E-state index contributed by atoms with van der Waals surface area (Å²) in [4.78, 5) is 9.44. The van der Waals surface area contributed by atoms with Crippen LogP contribution in [0.1, 0.15) is 57.5 Å². The Morgan fingerprint density at radius 1 is 1.00 bits per heavy atom. The fraction of sp³-hybridized carbons (Fsp3) is 0.524. The van der Waals surface area contributed by atoms with Crippen LogP contribution in [0.4, 0.5) is 19.0 Å². The van der Waals surface area contributed by atoms with E-state index in [9.17, 15) is 13.2 Å². The van der Waals surface area contributed by atoms with Crippen molar-refractivity contribution in [3.05, 3.63) is 35.2 Å². The van der Waals surface area contributed by atoms with E-state index < -0.39 is 11.7 Å². The van der Waals surface area contributed by atoms with E-state index in [-0.39, 0.29) is 11.8 Å². The molecule has 0 fully saturated rings. The Hall–Kier alpha value is -2.31. The van der Waals surface area contributed by atoms with Crippen LogP contribution in [0.25, 0.3) is 11.3 Å². The number of aryl methyl sites for hydroxylation is 2. The number of methoxy groups -OCH3 is 1.